The predicted octanol–water partition coefficient (Wildman–Crippen LogP) is 3.11. The fraction of sp³-hybridized carbons (Fsp3) is 0.867. The maximum absolute atomic E-state index is 6.37. The summed E-state index contributed by atoms with van der Waals surface area (Å²) < 4.78 is 2.35. The Morgan fingerprint density at radius 1 is 1.05 bits per heavy atom. The lowest BCUT2D eigenvalue weighted by Crippen LogP contribution is -2.51. The largest absolute Gasteiger partial charge is 0.325 e. The van der Waals surface area contributed by atoms with Crippen LogP contribution in [-0.2, 0) is 5.41 Å². The molecule has 19 heavy (non-hydrogen) atoms. The van der Waals surface area contributed by atoms with Crippen LogP contribution in [0.2, 0.25) is 0 Å². The van der Waals surface area contributed by atoms with E-state index in [1.165, 1.54) is 32.1 Å². The maximum atomic E-state index is 6.37. The van der Waals surface area contributed by atoms with Crippen molar-refractivity contribution in [3.63, 3.8) is 0 Å². The highest BCUT2D eigenvalue weighted by atomic mass is 15.3. The second-order valence-electron chi connectivity index (χ2n) is 7.08. The third-order valence-corrected chi connectivity index (χ3v) is 4.98. The standard InChI is InChI=1S/C15H28N4/c1-11-17-18-13(14(2,3)15(4,5)16)19(11)12-9-7-6-8-10-12/h12H,6-10,16H2,1-5H3. The molecular formula is C15H28N4. The van der Waals surface area contributed by atoms with Gasteiger partial charge in [0.2, 0.25) is 0 Å². The van der Waals surface area contributed by atoms with Gasteiger partial charge in [-0.2, -0.15) is 0 Å². The Morgan fingerprint density at radius 3 is 2.16 bits per heavy atom. The third kappa shape index (κ3) is 2.55. The minimum absolute atomic E-state index is 0.189. The van der Waals surface area contributed by atoms with Crippen molar-refractivity contribution in [2.75, 3.05) is 0 Å². The van der Waals surface area contributed by atoms with Crippen LogP contribution in [0.25, 0.3) is 0 Å². The summed E-state index contributed by atoms with van der Waals surface area (Å²) in [6, 6.07) is 0.556. The van der Waals surface area contributed by atoms with Crippen LogP contribution in [-0.4, -0.2) is 20.3 Å². The first-order valence-electron chi connectivity index (χ1n) is 7.46. The molecule has 0 amide bonds. The zero-order valence-corrected chi connectivity index (χ0v) is 13.0. The molecule has 0 aliphatic heterocycles. The van der Waals surface area contributed by atoms with Gasteiger partial charge in [0.05, 0.1) is 0 Å². The first-order valence-corrected chi connectivity index (χ1v) is 7.46. The van der Waals surface area contributed by atoms with Gasteiger partial charge in [0.25, 0.3) is 0 Å². The van der Waals surface area contributed by atoms with Gasteiger partial charge in [0.15, 0.2) is 0 Å². The molecule has 1 aromatic rings. The van der Waals surface area contributed by atoms with Crippen LogP contribution in [0.15, 0.2) is 0 Å². The molecule has 0 unspecified atom stereocenters. The molecule has 1 aromatic heterocycles. The van der Waals surface area contributed by atoms with Crippen molar-refractivity contribution in [1.29, 1.82) is 0 Å². The monoisotopic (exact) mass is 264 g/mol. The summed E-state index contributed by atoms with van der Waals surface area (Å²) in [7, 11) is 0. The van der Waals surface area contributed by atoms with Crippen molar-refractivity contribution in [3.8, 4) is 0 Å². The number of aromatic nitrogens is 3. The molecule has 0 aromatic carbocycles. The van der Waals surface area contributed by atoms with Gasteiger partial charge in [0, 0.05) is 17.0 Å². The number of hydrogen-bond acceptors (Lipinski definition) is 3. The Balaban J connectivity index is 2.42. The summed E-state index contributed by atoms with van der Waals surface area (Å²) in [4.78, 5) is 0. The Kier molecular flexibility index (Phi) is 3.74. The quantitative estimate of drug-likeness (QED) is 0.912. The Hall–Kier alpha value is -0.900. The topological polar surface area (TPSA) is 56.7 Å². The van der Waals surface area contributed by atoms with Gasteiger partial charge in [0.1, 0.15) is 11.6 Å². The van der Waals surface area contributed by atoms with E-state index in [1.54, 1.807) is 0 Å². The van der Waals surface area contributed by atoms with E-state index >= 15 is 0 Å². The van der Waals surface area contributed by atoms with Gasteiger partial charge in [-0.05, 0) is 33.6 Å². The molecule has 1 fully saturated rings. The van der Waals surface area contributed by atoms with Crippen molar-refractivity contribution in [2.45, 2.75) is 83.7 Å². The lowest BCUT2D eigenvalue weighted by atomic mass is 9.74. The molecule has 0 radical (unpaired) electrons. The average Bonchev–Trinajstić information content (AvgIpc) is 2.71. The molecule has 108 valence electrons. The van der Waals surface area contributed by atoms with E-state index in [-0.39, 0.29) is 11.0 Å². The van der Waals surface area contributed by atoms with Gasteiger partial charge >= 0.3 is 0 Å². The molecule has 4 heteroatoms. The smallest absolute Gasteiger partial charge is 0.140 e. The van der Waals surface area contributed by atoms with Crippen LogP contribution >= 0.6 is 0 Å². The fourth-order valence-electron chi connectivity index (χ4n) is 2.86. The van der Waals surface area contributed by atoms with Gasteiger partial charge in [-0.3, -0.25) is 0 Å². The molecule has 4 nitrogen and oxygen atoms in total. The molecule has 0 saturated heterocycles. The van der Waals surface area contributed by atoms with E-state index in [2.05, 4.69) is 49.4 Å². The fourth-order valence-corrected chi connectivity index (χ4v) is 2.86. The lowest BCUT2D eigenvalue weighted by Gasteiger charge is -2.39. The molecule has 0 spiro atoms. The van der Waals surface area contributed by atoms with Gasteiger partial charge in [-0.25, -0.2) is 0 Å². The molecule has 2 rings (SSSR count). The van der Waals surface area contributed by atoms with E-state index < -0.39 is 0 Å². The van der Waals surface area contributed by atoms with Crippen molar-refractivity contribution in [3.05, 3.63) is 11.6 Å². The van der Waals surface area contributed by atoms with Crippen LogP contribution < -0.4 is 5.73 Å². The second kappa shape index (κ2) is 4.89. The van der Waals surface area contributed by atoms with Crippen molar-refractivity contribution in [2.24, 2.45) is 5.73 Å². The second-order valence-corrected chi connectivity index (χ2v) is 7.08. The van der Waals surface area contributed by atoms with Gasteiger partial charge in [-0.1, -0.05) is 33.1 Å². The van der Waals surface area contributed by atoms with E-state index in [4.69, 9.17) is 5.73 Å². The molecule has 1 aliphatic carbocycles. The highest BCUT2D eigenvalue weighted by molar-refractivity contribution is 5.16. The Bertz CT molecular complexity index is 433. The highest BCUT2D eigenvalue weighted by Crippen LogP contribution is 2.37. The van der Waals surface area contributed by atoms with Crippen molar-refractivity contribution >= 4 is 0 Å². The minimum Gasteiger partial charge on any atom is -0.325 e. The van der Waals surface area contributed by atoms with Crippen molar-refractivity contribution < 1.29 is 0 Å². The SMILES string of the molecule is Cc1nnc(C(C)(C)C(C)(C)N)n1C1CCCCC1. The minimum atomic E-state index is -0.321. The Morgan fingerprint density at radius 2 is 1.63 bits per heavy atom. The van der Waals surface area contributed by atoms with Crippen molar-refractivity contribution in [1.82, 2.24) is 14.8 Å². The summed E-state index contributed by atoms with van der Waals surface area (Å²) in [5.74, 6) is 2.07. The van der Waals surface area contributed by atoms with E-state index in [0.29, 0.717) is 6.04 Å². The van der Waals surface area contributed by atoms with Crippen LogP contribution in [0.1, 0.15) is 77.5 Å². The number of nitrogens with two attached hydrogens (primary N) is 1. The van der Waals surface area contributed by atoms with Crippen LogP contribution in [0.5, 0.6) is 0 Å². The molecule has 2 N–H and O–H groups in total. The maximum Gasteiger partial charge on any atom is 0.140 e. The predicted molar refractivity (Wildman–Crippen MR) is 78.2 cm³/mol. The normalized spacial score (nSPS) is 18.8. The summed E-state index contributed by atoms with van der Waals surface area (Å²) in [5.41, 5.74) is 5.86. The number of nitrogens with zero attached hydrogens (tertiary/aromatic N) is 3. The van der Waals surface area contributed by atoms with E-state index in [1.807, 2.05) is 0 Å². The van der Waals surface area contributed by atoms with Gasteiger partial charge < -0.3 is 10.3 Å². The lowest BCUT2D eigenvalue weighted by molar-refractivity contribution is 0.258. The zero-order valence-electron chi connectivity index (χ0n) is 13.0. The molecular weight excluding hydrogens is 236 g/mol. The molecule has 1 aliphatic rings. The average molecular weight is 264 g/mol. The molecule has 1 saturated carbocycles. The first kappa shape index (κ1) is 14.5. The highest BCUT2D eigenvalue weighted by Gasteiger charge is 2.40. The third-order valence-electron chi connectivity index (χ3n) is 4.98. The molecule has 0 bridgehead atoms. The summed E-state index contributed by atoms with van der Waals surface area (Å²) in [6.45, 7) is 10.6. The number of rotatable bonds is 3. The van der Waals surface area contributed by atoms with Gasteiger partial charge in [-0.15, -0.1) is 10.2 Å². The van der Waals surface area contributed by atoms with Crippen LogP contribution in [0.3, 0.4) is 0 Å². The summed E-state index contributed by atoms with van der Waals surface area (Å²) in [6.07, 6.45) is 6.47. The number of hydrogen-bond donors (Lipinski definition) is 1. The zero-order chi connectivity index (χ0) is 14.3. The summed E-state index contributed by atoms with van der Waals surface area (Å²) >= 11 is 0. The van der Waals surface area contributed by atoms with E-state index in [0.717, 1.165) is 11.6 Å². The molecule has 1 heterocycles. The van der Waals surface area contributed by atoms with E-state index in [9.17, 15) is 0 Å². The Labute approximate surface area is 116 Å². The van der Waals surface area contributed by atoms with Crippen LogP contribution in [0, 0.1) is 6.92 Å². The number of aryl methyl sites for hydroxylation is 1. The van der Waals surface area contributed by atoms with Crippen LogP contribution in [0.4, 0.5) is 0 Å². The molecule has 0 atom stereocenters. The first-order chi connectivity index (χ1) is 8.75. The summed E-state index contributed by atoms with van der Waals surface area (Å²) in [5, 5.41) is 8.79.